The number of phenolic OH excluding ortho intramolecular Hbond substituents is 2. The van der Waals surface area contributed by atoms with Crippen LogP contribution in [0.15, 0.2) is 24.3 Å². The topological polar surface area (TPSA) is 81.3 Å². The Balaban J connectivity index is 2.94. The van der Waals surface area contributed by atoms with Crippen molar-refractivity contribution < 1.29 is 15.0 Å². The Morgan fingerprint density at radius 3 is 2.56 bits per heavy atom. The maximum atomic E-state index is 10.8. The predicted molar refractivity (Wildman–Crippen MR) is 57.4 cm³/mol. The number of nitriles is 1. The van der Waals surface area contributed by atoms with Crippen molar-refractivity contribution >= 4 is 17.1 Å². The second-order valence-corrected chi connectivity index (χ2v) is 3.32. The Morgan fingerprint density at radius 2 is 1.94 bits per heavy atom. The van der Waals surface area contributed by atoms with Gasteiger partial charge in [-0.25, -0.2) is 0 Å². The zero-order chi connectivity index (χ0) is 11.7. The predicted octanol–water partition coefficient (Wildman–Crippen LogP) is 1.94. The molecule has 2 N–H and O–H groups in total. The molecular formula is C12H7NO3. The van der Waals surface area contributed by atoms with Crippen LogP contribution < -0.4 is 0 Å². The molecule has 2 aromatic rings. The monoisotopic (exact) mass is 213 g/mol. The highest BCUT2D eigenvalue weighted by molar-refractivity contribution is 6.02. The third kappa shape index (κ3) is 1.35. The maximum absolute atomic E-state index is 10.8. The summed E-state index contributed by atoms with van der Waals surface area (Å²) in [6.07, 6.45) is 0.591. The smallest absolute Gasteiger partial charge is 0.165 e. The number of rotatable bonds is 1. The van der Waals surface area contributed by atoms with E-state index in [1.807, 2.05) is 6.07 Å². The van der Waals surface area contributed by atoms with Gasteiger partial charge in [-0.1, -0.05) is 6.07 Å². The quantitative estimate of drug-likeness (QED) is 0.560. The van der Waals surface area contributed by atoms with Gasteiger partial charge in [0, 0.05) is 10.9 Å². The van der Waals surface area contributed by atoms with Gasteiger partial charge in [-0.3, -0.25) is 4.79 Å². The van der Waals surface area contributed by atoms with Crippen LogP contribution in [0.5, 0.6) is 11.5 Å². The summed E-state index contributed by atoms with van der Waals surface area (Å²) in [6.45, 7) is 0. The average Bonchev–Trinajstić information content (AvgIpc) is 2.33. The van der Waals surface area contributed by atoms with E-state index in [1.165, 1.54) is 12.1 Å². The first-order chi connectivity index (χ1) is 7.67. The molecule has 4 heteroatoms. The number of carbonyl (C=O) groups is 1. The largest absolute Gasteiger partial charge is 0.504 e. The third-order valence-electron chi connectivity index (χ3n) is 2.38. The van der Waals surface area contributed by atoms with Crippen molar-refractivity contribution in [2.24, 2.45) is 0 Å². The molecule has 0 spiro atoms. The first-order valence-electron chi connectivity index (χ1n) is 4.51. The van der Waals surface area contributed by atoms with E-state index in [4.69, 9.17) is 5.26 Å². The van der Waals surface area contributed by atoms with Gasteiger partial charge in [0.15, 0.2) is 17.8 Å². The Kier molecular flexibility index (Phi) is 2.22. The van der Waals surface area contributed by atoms with Gasteiger partial charge in [-0.15, -0.1) is 0 Å². The lowest BCUT2D eigenvalue weighted by Crippen LogP contribution is -1.86. The summed E-state index contributed by atoms with van der Waals surface area (Å²) in [7, 11) is 0. The summed E-state index contributed by atoms with van der Waals surface area (Å²) in [6, 6.07) is 7.66. The molecule has 16 heavy (non-hydrogen) atoms. The Morgan fingerprint density at radius 1 is 1.19 bits per heavy atom. The van der Waals surface area contributed by atoms with E-state index in [0.29, 0.717) is 22.6 Å². The van der Waals surface area contributed by atoms with Gasteiger partial charge in [-0.05, 0) is 23.6 Å². The molecule has 0 unspecified atom stereocenters. The summed E-state index contributed by atoms with van der Waals surface area (Å²) in [5.74, 6) is -0.692. The Labute approximate surface area is 91.0 Å². The third-order valence-corrected chi connectivity index (χ3v) is 2.38. The molecule has 0 saturated carbocycles. The van der Waals surface area contributed by atoms with Crippen LogP contribution >= 0.6 is 0 Å². The van der Waals surface area contributed by atoms with Crippen LogP contribution in [0.1, 0.15) is 15.9 Å². The van der Waals surface area contributed by atoms with Crippen molar-refractivity contribution in [1.29, 1.82) is 5.26 Å². The fourth-order valence-corrected chi connectivity index (χ4v) is 1.59. The molecule has 0 aliphatic rings. The summed E-state index contributed by atoms with van der Waals surface area (Å²) < 4.78 is 0. The highest BCUT2D eigenvalue weighted by Crippen LogP contribution is 2.35. The van der Waals surface area contributed by atoms with Crippen LogP contribution in [0.25, 0.3) is 10.8 Å². The Bertz CT molecular complexity index is 626. The van der Waals surface area contributed by atoms with Crippen molar-refractivity contribution in [2.75, 3.05) is 0 Å². The summed E-state index contributed by atoms with van der Waals surface area (Å²) in [4.78, 5) is 10.8. The van der Waals surface area contributed by atoms with Gasteiger partial charge in [0.2, 0.25) is 0 Å². The first kappa shape index (κ1) is 9.99. The molecule has 78 valence electrons. The number of fused-ring (bicyclic) bond motifs is 1. The van der Waals surface area contributed by atoms with Gasteiger partial charge >= 0.3 is 0 Å². The molecule has 0 aliphatic heterocycles. The van der Waals surface area contributed by atoms with Crippen molar-refractivity contribution in [3.05, 3.63) is 35.4 Å². The van der Waals surface area contributed by atoms with E-state index >= 15 is 0 Å². The lowest BCUT2D eigenvalue weighted by atomic mass is 10.0. The summed E-state index contributed by atoms with van der Waals surface area (Å²) in [5, 5.41) is 28.5. The normalized spacial score (nSPS) is 9.94. The van der Waals surface area contributed by atoms with Crippen LogP contribution in [0.4, 0.5) is 0 Å². The highest BCUT2D eigenvalue weighted by atomic mass is 16.3. The van der Waals surface area contributed by atoms with Crippen molar-refractivity contribution in [2.45, 2.75) is 0 Å². The molecule has 0 fully saturated rings. The molecule has 0 aromatic heterocycles. The van der Waals surface area contributed by atoms with Gasteiger partial charge in [0.1, 0.15) is 0 Å². The number of carbonyl (C=O) groups excluding carboxylic acids is 1. The van der Waals surface area contributed by atoms with E-state index in [2.05, 4.69) is 0 Å². The van der Waals surface area contributed by atoms with Gasteiger partial charge < -0.3 is 10.2 Å². The zero-order valence-electron chi connectivity index (χ0n) is 8.14. The average molecular weight is 213 g/mol. The second kappa shape index (κ2) is 3.55. The second-order valence-electron chi connectivity index (χ2n) is 3.32. The lowest BCUT2D eigenvalue weighted by Gasteiger charge is -2.06. The maximum Gasteiger partial charge on any atom is 0.165 e. The SMILES string of the molecule is N#Cc1ccc2c(C=O)cc(O)c(O)c2c1. The standard InChI is InChI=1S/C12H7NO3/c13-5-7-1-2-9-8(6-14)4-11(15)12(16)10(9)3-7/h1-4,6,15-16H. The molecule has 0 atom stereocenters. The van der Waals surface area contributed by atoms with E-state index in [1.54, 1.807) is 12.1 Å². The van der Waals surface area contributed by atoms with E-state index < -0.39 is 0 Å². The molecule has 0 amide bonds. The fourth-order valence-electron chi connectivity index (χ4n) is 1.59. The van der Waals surface area contributed by atoms with Crippen LogP contribution in [-0.4, -0.2) is 16.5 Å². The molecule has 0 bridgehead atoms. The highest BCUT2D eigenvalue weighted by Gasteiger charge is 2.10. The number of nitrogens with zero attached hydrogens (tertiary/aromatic N) is 1. The minimum atomic E-state index is -0.371. The minimum Gasteiger partial charge on any atom is -0.504 e. The number of aromatic hydroxyl groups is 2. The fraction of sp³-hybridized carbons (Fsp3) is 0. The molecule has 0 aliphatic carbocycles. The zero-order valence-corrected chi connectivity index (χ0v) is 8.14. The van der Waals surface area contributed by atoms with E-state index in [0.717, 1.165) is 0 Å². The number of hydrogen-bond donors (Lipinski definition) is 2. The van der Waals surface area contributed by atoms with Crippen molar-refractivity contribution in [3.63, 3.8) is 0 Å². The van der Waals surface area contributed by atoms with Crippen molar-refractivity contribution in [3.8, 4) is 17.6 Å². The van der Waals surface area contributed by atoms with E-state index in [9.17, 15) is 15.0 Å². The molecule has 0 radical (unpaired) electrons. The van der Waals surface area contributed by atoms with Gasteiger partial charge in [0.25, 0.3) is 0 Å². The lowest BCUT2D eigenvalue weighted by molar-refractivity contribution is 0.112. The molecular weight excluding hydrogens is 206 g/mol. The number of phenols is 2. The first-order valence-corrected chi connectivity index (χ1v) is 4.51. The van der Waals surface area contributed by atoms with Crippen LogP contribution in [-0.2, 0) is 0 Å². The van der Waals surface area contributed by atoms with Crippen LogP contribution in [0.2, 0.25) is 0 Å². The summed E-state index contributed by atoms with van der Waals surface area (Å²) in [5.41, 5.74) is 0.625. The van der Waals surface area contributed by atoms with Gasteiger partial charge in [-0.2, -0.15) is 5.26 Å². The van der Waals surface area contributed by atoms with E-state index in [-0.39, 0.29) is 17.1 Å². The van der Waals surface area contributed by atoms with Gasteiger partial charge in [0.05, 0.1) is 11.6 Å². The van der Waals surface area contributed by atoms with Crippen molar-refractivity contribution in [1.82, 2.24) is 0 Å². The molecule has 0 saturated heterocycles. The van der Waals surface area contributed by atoms with Crippen LogP contribution in [0, 0.1) is 11.3 Å². The molecule has 4 nitrogen and oxygen atoms in total. The number of hydrogen-bond acceptors (Lipinski definition) is 4. The Hall–Kier alpha value is -2.54. The molecule has 0 heterocycles. The molecule has 2 aromatic carbocycles. The summed E-state index contributed by atoms with van der Waals surface area (Å²) >= 11 is 0. The number of aldehydes is 1. The number of benzene rings is 2. The molecule has 2 rings (SSSR count). The minimum absolute atomic E-state index is 0.273. The van der Waals surface area contributed by atoms with Crippen LogP contribution in [0.3, 0.4) is 0 Å².